The predicted molar refractivity (Wildman–Crippen MR) is 92.9 cm³/mol. The van der Waals surface area contributed by atoms with E-state index in [0.29, 0.717) is 17.8 Å². The highest BCUT2D eigenvalue weighted by Crippen LogP contribution is 2.34. The summed E-state index contributed by atoms with van der Waals surface area (Å²) in [6, 6.07) is 6.26. The van der Waals surface area contributed by atoms with Crippen molar-refractivity contribution in [3.63, 3.8) is 0 Å². The first kappa shape index (κ1) is 18.5. The molecule has 5 nitrogen and oxygen atoms in total. The third-order valence-corrected chi connectivity index (χ3v) is 6.87. The van der Waals surface area contributed by atoms with Crippen LogP contribution in [0.2, 0.25) is 0 Å². The SMILES string of the molecule is COc1ccc(C)cc1S(=O)(=O)N(C)C1CC2CCC(C1)N2.Cl. The summed E-state index contributed by atoms with van der Waals surface area (Å²) in [4.78, 5) is 0.267. The van der Waals surface area contributed by atoms with E-state index in [0.717, 1.165) is 31.2 Å². The number of sulfonamides is 1. The van der Waals surface area contributed by atoms with Gasteiger partial charge in [-0.15, -0.1) is 12.4 Å². The molecule has 0 aliphatic carbocycles. The Labute approximate surface area is 144 Å². The second-order valence-electron chi connectivity index (χ2n) is 6.44. The highest BCUT2D eigenvalue weighted by Gasteiger charge is 2.39. The molecule has 130 valence electrons. The monoisotopic (exact) mass is 360 g/mol. The smallest absolute Gasteiger partial charge is 0.246 e. The van der Waals surface area contributed by atoms with Gasteiger partial charge in [0.2, 0.25) is 10.0 Å². The van der Waals surface area contributed by atoms with E-state index in [2.05, 4.69) is 5.32 Å². The van der Waals surface area contributed by atoms with Gasteiger partial charge < -0.3 is 10.1 Å². The summed E-state index contributed by atoms with van der Waals surface area (Å²) in [5.41, 5.74) is 0.915. The Morgan fingerprint density at radius 2 is 1.83 bits per heavy atom. The van der Waals surface area contributed by atoms with Gasteiger partial charge in [-0.05, 0) is 50.3 Å². The summed E-state index contributed by atoms with van der Waals surface area (Å²) in [6.07, 6.45) is 4.09. The molecule has 2 heterocycles. The average molecular weight is 361 g/mol. The van der Waals surface area contributed by atoms with Crippen LogP contribution in [-0.2, 0) is 10.0 Å². The molecule has 2 bridgehead atoms. The molecule has 1 aromatic carbocycles. The van der Waals surface area contributed by atoms with Gasteiger partial charge in [-0.25, -0.2) is 8.42 Å². The number of hydrogen-bond donors (Lipinski definition) is 1. The van der Waals surface area contributed by atoms with Crippen molar-refractivity contribution in [2.75, 3.05) is 14.2 Å². The Morgan fingerprint density at radius 1 is 1.22 bits per heavy atom. The summed E-state index contributed by atoms with van der Waals surface area (Å²) in [5.74, 6) is 0.411. The predicted octanol–water partition coefficient (Wildman–Crippen LogP) is 2.33. The zero-order valence-electron chi connectivity index (χ0n) is 13.8. The number of ether oxygens (including phenoxy) is 1. The van der Waals surface area contributed by atoms with Crippen LogP contribution < -0.4 is 10.1 Å². The molecule has 0 amide bonds. The minimum Gasteiger partial charge on any atom is -0.495 e. The fourth-order valence-corrected chi connectivity index (χ4v) is 5.28. The van der Waals surface area contributed by atoms with E-state index in [1.54, 1.807) is 23.5 Å². The fourth-order valence-electron chi connectivity index (χ4n) is 3.66. The lowest BCUT2D eigenvalue weighted by atomic mass is 10.0. The number of halogens is 1. The van der Waals surface area contributed by atoms with E-state index in [1.807, 2.05) is 13.0 Å². The summed E-state index contributed by atoms with van der Waals surface area (Å²) in [5, 5.41) is 3.55. The van der Waals surface area contributed by atoms with Crippen molar-refractivity contribution < 1.29 is 13.2 Å². The standard InChI is InChI=1S/C16H24N2O3S.ClH/c1-11-4-7-15(21-3)16(8-11)22(19,20)18(2)14-9-12-5-6-13(10-14)17-12;/h4,7-8,12-14,17H,5-6,9-10H2,1-3H3;1H. The molecule has 1 N–H and O–H groups in total. The molecule has 2 unspecified atom stereocenters. The summed E-state index contributed by atoms with van der Waals surface area (Å²) < 4.78 is 32.9. The van der Waals surface area contributed by atoms with Crippen LogP contribution in [0.4, 0.5) is 0 Å². The van der Waals surface area contributed by atoms with Crippen LogP contribution in [0.1, 0.15) is 31.2 Å². The van der Waals surface area contributed by atoms with Crippen molar-refractivity contribution in [2.45, 2.75) is 55.6 Å². The Balaban J connectivity index is 0.00000192. The Kier molecular flexibility index (Phi) is 5.61. The Hall–Kier alpha value is -0.820. The summed E-state index contributed by atoms with van der Waals surface area (Å²) in [6.45, 7) is 1.89. The summed E-state index contributed by atoms with van der Waals surface area (Å²) in [7, 11) is -0.333. The Bertz CT molecular complexity index is 653. The van der Waals surface area contributed by atoms with Crippen LogP contribution in [0, 0.1) is 6.92 Å². The fraction of sp³-hybridized carbons (Fsp3) is 0.625. The van der Waals surface area contributed by atoms with Crippen molar-refractivity contribution in [2.24, 2.45) is 0 Å². The molecule has 3 rings (SSSR count). The first-order valence-corrected chi connectivity index (χ1v) is 9.24. The number of nitrogens with one attached hydrogen (secondary N) is 1. The van der Waals surface area contributed by atoms with Crippen molar-refractivity contribution in [3.8, 4) is 5.75 Å². The van der Waals surface area contributed by atoms with Crippen LogP contribution in [0.3, 0.4) is 0 Å². The maximum Gasteiger partial charge on any atom is 0.246 e. The lowest BCUT2D eigenvalue weighted by Crippen LogP contribution is -2.48. The first-order chi connectivity index (χ1) is 10.4. The maximum atomic E-state index is 13.0. The van der Waals surface area contributed by atoms with Gasteiger partial charge in [-0.1, -0.05) is 6.07 Å². The van der Waals surface area contributed by atoms with E-state index in [-0.39, 0.29) is 23.3 Å². The van der Waals surface area contributed by atoms with Gasteiger partial charge in [-0.3, -0.25) is 0 Å². The molecule has 2 fully saturated rings. The van der Waals surface area contributed by atoms with E-state index >= 15 is 0 Å². The normalized spacial score (nSPS) is 26.9. The topological polar surface area (TPSA) is 58.6 Å². The highest BCUT2D eigenvalue weighted by atomic mass is 35.5. The van der Waals surface area contributed by atoms with Gasteiger partial charge >= 0.3 is 0 Å². The lowest BCUT2D eigenvalue weighted by Gasteiger charge is -2.35. The van der Waals surface area contributed by atoms with Gasteiger partial charge in [0, 0.05) is 25.2 Å². The van der Waals surface area contributed by atoms with Gasteiger partial charge in [0.15, 0.2) is 0 Å². The van der Waals surface area contributed by atoms with Crippen molar-refractivity contribution in [1.29, 1.82) is 0 Å². The molecule has 7 heteroatoms. The third kappa shape index (κ3) is 3.50. The molecular formula is C16H25ClN2O3S. The molecule has 23 heavy (non-hydrogen) atoms. The number of aryl methyl sites for hydroxylation is 1. The van der Waals surface area contributed by atoms with Crippen LogP contribution in [0.15, 0.2) is 23.1 Å². The van der Waals surface area contributed by atoms with Crippen molar-refractivity contribution in [1.82, 2.24) is 9.62 Å². The van der Waals surface area contributed by atoms with Crippen LogP contribution in [-0.4, -0.2) is 45.0 Å². The van der Waals surface area contributed by atoms with Gasteiger partial charge in [0.25, 0.3) is 0 Å². The van der Waals surface area contributed by atoms with Crippen molar-refractivity contribution in [3.05, 3.63) is 23.8 Å². The lowest BCUT2D eigenvalue weighted by molar-refractivity contribution is 0.251. The number of nitrogens with zero attached hydrogens (tertiary/aromatic N) is 1. The second-order valence-corrected chi connectivity index (χ2v) is 8.40. The van der Waals surface area contributed by atoms with Gasteiger partial charge in [0.05, 0.1) is 7.11 Å². The number of piperidine rings is 1. The summed E-state index contributed by atoms with van der Waals surface area (Å²) >= 11 is 0. The second kappa shape index (κ2) is 6.97. The van der Waals surface area contributed by atoms with Crippen LogP contribution >= 0.6 is 12.4 Å². The number of fused-ring (bicyclic) bond motifs is 2. The van der Waals surface area contributed by atoms with Crippen LogP contribution in [0.25, 0.3) is 0 Å². The minimum atomic E-state index is -3.54. The number of benzene rings is 1. The van der Waals surface area contributed by atoms with E-state index in [4.69, 9.17) is 4.74 Å². The van der Waals surface area contributed by atoms with E-state index in [9.17, 15) is 8.42 Å². The molecular weight excluding hydrogens is 336 g/mol. The zero-order valence-corrected chi connectivity index (χ0v) is 15.4. The third-order valence-electron chi connectivity index (χ3n) is 4.94. The average Bonchev–Trinajstić information content (AvgIpc) is 2.84. The molecule has 2 aliphatic heterocycles. The molecule has 2 atom stereocenters. The quantitative estimate of drug-likeness (QED) is 0.895. The molecule has 0 saturated carbocycles. The van der Waals surface area contributed by atoms with Crippen LogP contribution in [0.5, 0.6) is 5.75 Å². The molecule has 0 spiro atoms. The molecule has 0 aromatic heterocycles. The number of hydrogen-bond acceptors (Lipinski definition) is 4. The molecule has 2 aliphatic rings. The number of rotatable bonds is 4. The largest absolute Gasteiger partial charge is 0.495 e. The van der Waals surface area contributed by atoms with Gasteiger partial charge in [-0.2, -0.15) is 4.31 Å². The molecule has 0 radical (unpaired) electrons. The number of methoxy groups -OCH3 is 1. The first-order valence-electron chi connectivity index (χ1n) is 7.80. The Morgan fingerprint density at radius 3 is 2.39 bits per heavy atom. The minimum absolute atomic E-state index is 0. The van der Waals surface area contributed by atoms with Crippen molar-refractivity contribution >= 4 is 22.4 Å². The van der Waals surface area contributed by atoms with E-state index < -0.39 is 10.0 Å². The zero-order chi connectivity index (χ0) is 15.9. The van der Waals surface area contributed by atoms with E-state index in [1.165, 1.54) is 7.11 Å². The van der Waals surface area contributed by atoms with Gasteiger partial charge in [0.1, 0.15) is 10.6 Å². The maximum absolute atomic E-state index is 13.0. The molecule has 1 aromatic rings. The highest BCUT2D eigenvalue weighted by molar-refractivity contribution is 7.89. The molecule has 2 saturated heterocycles.